The third-order valence-electron chi connectivity index (χ3n) is 5.88. The van der Waals surface area contributed by atoms with E-state index in [9.17, 15) is 14.0 Å². The predicted octanol–water partition coefficient (Wildman–Crippen LogP) is 4.59. The van der Waals surface area contributed by atoms with E-state index in [4.69, 9.17) is 0 Å². The van der Waals surface area contributed by atoms with Crippen molar-refractivity contribution < 1.29 is 14.0 Å². The fourth-order valence-electron chi connectivity index (χ4n) is 4.09. The molecule has 0 saturated carbocycles. The molecule has 1 N–H and O–H groups in total. The van der Waals surface area contributed by atoms with Gasteiger partial charge < -0.3 is 14.8 Å². The van der Waals surface area contributed by atoms with Gasteiger partial charge in [-0.15, -0.1) is 0 Å². The molecule has 160 valence electrons. The van der Waals surface area contributed by atoms with Crippen LogP contribution in [0.4, 0.5) is 10.1 Å². The molecular weight excluding hydrogens is 393 g/mol. The Hall–Kier alpha value is -3.41. The largest absolute Gasteiger partial charge is 0.348 e. The highest BCUT2D eigenvalue weighted by Gasteiger charge is 2.32. The lowest BCUT2D eigenvalue weighted by atomic mass is 9.99. The molecule has 1 aliphatic heterocycles. The van der Waals surface area contributed by atoms with E-state index in [1.165, 1.54) is 12.1 Å². The first-order valence-electron chi connectivity index (χ1n) is 10.5. The SMILES string of the molecule is Cc1ccc(NC(=O)CCC(=O)N2CCn3cccc3C2c2cccc(F)c2)cc1C. The Morgan fingerprint density at radius 2 is 1.84 bits per heavy atom. The van der Waals surface area contributed by atoms with Gasteiger partial charge in [0.2, 0.25) is 11.8 Å². The summed E-state index contributed by atoms with van der Waals surface area (Å²) in [5.41, 5.74) is 4.67. The molecule has 0 spiro atoms. The number of benzene rings is 2. The minimum atomic E-state index is -0.366. The maximum atomic E-state index is 13.9. The molecule has 31 heavy (non-hydrogen) atoms. The molecular formula is C25H26FN3O2. The second-order valence-corrected chi connectivity index (χ2v) is 8.02. The van der Waals surface area contributed by atoms with Gasteiger partial charge in [0.1, 0.15) is 5.82 Å². The summed E-state index contributed by atoms with van der Waals surface area (Å²) in [6.45, 7) is 5.20. The third-order valence-corrected chi connectivity index (χ3v) is 5.88. The van der Waals surface area contributed by atoms with Gasteiger partial charge in [-0.3, -0.25) is 9.59 Å². The highest BCUT2D eigenvalue weighted by atomic mass is 19.1. The van der Waals surface area contributed by atoms with Gasteiger partial charge in [-0.1, -0.05) is 18.2 Å². The third kappa shape index (κ3) is 4.53. The molecule has 0 aliphatic carbocycles. The van der Waals surface area contributed by atoms with Crippen LogP contribution in [0.15, 0.2) is 60.8 Å². The van der Waals surface area contributed by atoms with Gasteiger partial charge >= 0.3 is 0 Å². The first-order valence-corrected chi connectivity index (χ1v) is 10.5. The van der Waals surface area contributed by atoms with Crippen molar-refractivity contribution in [2.24, 2.45) is 0 Å². The molecule has 0 fully saturated rings. The lowest BCUT2D eigenvalue weighted by Crippen LogP contribution is -2.42. The van der Waals surface area contributed by atoms with Gasteiger partial charge in [0.25, 0.3) is 0 Å². The van der Waals surface area contributed by atoms with Crippen molar-refractivity contribution in [2.45, 2.75) is 39.3 Å². The van der Waals surface area contributed by atoms with E-state index in [2.05, 4.69) is 9.88 Å². The van der Waals surface area contributed by atoms with E-state index in [0.29, 0.717) is 13.1 Å². The monoisotopic (exact) mass is 419 g/mol. The molecule has 2 aromatic carbocycles. The number of aryl methyl sites for hydroxylation is 2. The van der Waals surface area contributed by atoms with Crippen LogP contribution in [0.2, 0.25) is 0 Å². The number of nitrogens with one attached hydrogen (secondary N) is 1. The van der Waals surface area contributed by atoms with Crippen molar-refractivity contribution in [1.82, 2.24) is 9.47 Å². The summed E-state index contributed by atoms with van der Waals surface area (Å²) in [6, 6.07) is 15.6. The molecule has 0 radical (unpaired) electrons. The molecule has 0 saturated heterocycles. The maximum Gasteiger partial charge on any atom is 0.224 e. The molecule has 0 bridgehead atoms. The van der Waals surface area contributed by atoms with E-state index in [0.717, 1.165) is 28.1 Å². The van der Waals surface area contributed by atoms with Gasteiger partial charge in [0.15, 0.2) is 0 Å². The molecule has 1 unspecified atom stereocenters. The lowest BCUT2D eigenvalue weighted by Gasteiger charge is -2.37. The Balaban J connectivity index is 1.46. The van der Waals surface area contributed by atoms with E-state index >= 15 is 0 Å². The minimum absolute atomic E-state index is 0.0964. The number of carbonyl (C=O) groups excluding carboxylic acids is 2. The summed E-state index contributed by atoms with van der Waals surface area (Å²) >= 11 is 0. The zero-order chi connectivity index (χ0) is 22.0. The van der Waals surface area contributed by atoms with E-state index in [1.54, 1.807) is 11.0 Å². The molecule has 2 heterocycles. The van der Waals surface area contributed by atoms with Crippen molar-refractivity contribution >= 4 is 17.5 Å². The molecule has 4 rings (SSSR count). The molecule has 3 aromatic rings. The molecule has 2 amide bonds. The van der Waals surface area contributed by atoms with Crippen LogP contribution in [0.25, 0.3) is 0 Å². The van der Waals surface area contributed by atoms with Gasteiger partial charge in [0, 0.05) is 43.5 Å². The first-order chi connectivity index (χ1) is 14.9. The Labute approximate surface area is 181 Å². The zero-order valence-electron chi connectivity index (χ0n) is 17.8. The normalized spacial score (nSPS) is 15.5. The zero-order valence-corrected chi connectivity index (χ0v) is 17.8. The highest BCUT2D eigenvalue weighted by molar-refractivity contribution is 5.93. The number of anilines is 1. The summed E-state index contributed by atoms with van der Waals surface area (Å²) in [7, 11) is 0. The quantitative estimate of drug-likeness (QED) is 0.657. The van der Waals surface area contributed by atoms with E-state index in [-0.39, 0.29) is 36.5 Å². The van der Waals surface area contributed by atoms with Crippen LogP contribution in [0, 0.1) is 19.7 Å². The van der Waals surface area contributed by atoms with Crippen LogP contribution in [0.1, 0.15) is 41.3 Å². The van der Waals surface area contributed by atoms with Crippen molar-refractivity contribution in [1.29, 1.82) is 0 Å². The number of carbonyl (C=O) groups is 2. The number of nitrogens with zero attached hydrogens (tertiary/aromatic N) is 2. The number of rotatable bonds is 5. The summed E-state index contributed by atoms with van der Waals surface area (Å²) in [5, 5.41) is 2.87. The molecule has 1 aliphatic rings. The van der Waals surface area contributed by atoms with Crippen molar-refractivity contribution in [2.75, 3.05) is 11.9 Å². The molecule has 6 heteroatoms. The molecule has 5 nitrogen and oxygen atoms in total. The predicted molar refractivity (Wildman–Crippen MR) is 118 cm³/mol. The van der Waals surface area contributed by atoms with Gasteiger partial charge in [-0.05, 0) is 66.9 Å². The molecule has 1 atom stereocenters. The lowest BCUT2D eigenvalue weighted by molar-refractivity contribution is -0.135. The van der Waals surface area contributed by atoms with Crippen LogP contribution in [-0.4, -0.2) is 27.8 Å². The van der Waals surface area contributed by atoms with Crippen molar-refractivity contribution in [3.8, 4) is 0 Å². The smallest absolute Gasteiger partial charge is 0.224 e. The Bertz CT molecular complexity index is 1120. The Morgan fingerprint density at radius 3 is 2.61 bits per heavy atom. The van der Waals surface area contributed by atoms with E-state index < -0.39 is 0 Å². The van der Waals surface area contributed by atoms with Gasteiger partial charge in [0.05, 0.1) is 6.04 Å². The van der Waals surface area contributed by atoms with Crippen LogP contribution in [0.3, 0.4) is 0 Å². The number of halogens is 1. The second kappa shape index (κ2) is 8.76. The topological polar surface area (TPSA) is 54.3 Å². The number of hydrogen-bond acceptors (Lipinski definition) is 2. The highest BCUT2D eigenvalue weighted by Crippen LogP contribution is 2.33. The number of aromatic nitrogens is 1. The van der Waals surface area contributed by atoms with E-state index in [1.807, 2.05) is 56.4 Å². The fourth-order valence-corrected chi connectivity index (χ4v) is 4.09. The second-order valence-electron chi connectivity index (χ2n) is 8.02. The average Bonchev–Trinajstić information content (AvgIpc) is 3.23. The Morgan fingerprint density at radius 1 is 1.00 bits per heavy atom. The number of hydrogen-bond donors (Lipinski definition) is 1. The summed E-state index contributed by atoms with van der Waals surface area (Å²) in [6.07, 6.45) is 2.17. The minimum Gasteiger partial charge on any atom is -0.348 e. The number of amides is 2. The van der Waals surface area contributed by atoms with Crippen molar-refractivity contribution in [3.05, 3.63) is 89.0 Å². The van der Waals surface area contributed by atoms with Crippen LogP contribution in [-0.2, 0) is 16.1 Å². The summed E-state index contributed by atoms with van der Waals surface area (Å²) in [5.74, 6) is -0.641. The standard InChI is InChI=1S/C25H26FN3O2/c1-17-8-9-21(15-18(17)2)27-23(30)10-11-24(31)29-14-13-28-12-4-7-22(28)25(29)19-5-3-6-20(26)16-19/h3-9,12,15-16,25H,10-11,13-14H2,1-2H3,(H,27,30). The fraction of sp³-hybridized carbons (Fsp3) is 0.280. The van der Waals surface area contributed by atoms with Crippen molar-refractivity contribution in [3.63, 3.8) is 0 Å². The first kappa shape index (κ1) is 20.8. The van der Waals surface area contributed by atoms with Gasteiger partial charge in [-0.25, -0.2) is 4.39 Å². The molecule has 1 aromatic heterocycles. The average molecular weight is 420 g/mol. The van der Waals surface area contributed by atoms with Crippen LogP contribution < -0.4 is 5.32 Å². The Kier molecular flexibility index (Phi) is 5.89. The number of fused-ring (bicyclic) bond motifs is 1. The summed E-state index contributed by atoms with van der Waals surface area (Å²) in [4.78, 5) is 27.3. The maximum absolute atomic E-state index is 13.9. The van der Waals surface area contributed by atoms with Crippen LogP contribution >= 0.6 is 0 Å². The van der Waals surface area contributed by atoms with Crippen LogP contribution in [0.5, 0.6) is 0 Å². The summed E-state index contributed by atoms with van der Waals surface area (Å²) < 4.78 is 16.0. The van der Waals surface area contributed by atoms with Gasteiger partial charge in [-0.2, -0.15) is 0 Å².